The quantitative estimate of drug-likeness (QED) is 0.445. The van der Waals surface area contributed by atoms with Crippen molar-refractivity contribution in [1.29, 1.82) is 0 Å². The van der Waals surface area contributed by atoms with Gasteiger partial charge < -0.3 is 14.6 Å². The topological polar surface area (TPSA) is 56.0 Å². The van der Waals surface area contributed by atoms with Crippen LogP contribution in [0.3, 0.4) is 0 Å². The number of hydrogen-bond acceptors (Lipinski definition) is 4. The molecule has 5 nitrogen and oxygen atoms in total. The standard InChI is InChI=1S/C26H22F2N2O3/c1-16(31)11-19-9-10-30-22(14-29-26(30)25(19)28)18-7-8-21(27)20(13-18)23-15-32-24(33-23)12-17-5-3-2-4-6-17/h2-10,13-16,24,31H,11-12H2,1H3. The highest BCUT2D eigenvalue weighted by atomic mass is 19.1. The summed E-state index contributed by atoms with van der Waals surface area (Å²) in [5, 5.41) is 9.59. The number of nitrogens with zero attached hydrogens (tertiary/aromatic N) is 2. The van der Waals surface area contributed by atoms with Gasteiger partial charge in [0.2, 0.25) is 6.29 Å². The van der Waals surface area contributed by atoms with Crippen LogP contribution in [0.5, 0.6) is 0 Å². The second kappa shape index (κ2) is 8.67. The van der Waals surface area contributed by atoms with E-state index in [0.29, 0.717) is 29.0 Å². The Morgan fingerprint density at radius 2 is 1.94 bits per heavy atom. The van der Waals surface area contributed by atoms with Crippen LogP contribution >= 0.6 is 0 Å². The van der Waals surface area contributed by atoms with Gasteiger partial charge in [-0.15, -0.1) is 0 Å². The van der Waals surface area contributed by atoms with Crippen molar-refractivity contribution in [2.24, 2.45) is 0 Å². The summed E-state index contributed by atoms with van der Waals surface area (Å²) >= 11 is 0. The number of fused-ring (bicyclic) bond motifs is 1. The Kier molecular flexibility index (Phi) is 5.56. The maximum absolute atomic E-state index is 14.9. The second-order valence-electron chi connectivity index (χ2n) is 8.10. The van der Waals surface area contributed by atoms with Crippen LogP contribution in [0.1, 0.15) is 23.6 Å². The predicted octanol–water partition coefficient (Wildman–Crippen LogP) is 5.12. The molecule has 0 bridgehead atoms. The van der Waals surface area contributed by atoms with E-state index in [2.05, 4.69) is 4.98 Å². The van der Waals surface area contributed by atoms with E-state index < -0.39 is 24.0 Å². The van der Waals surface area contributed by atoms with Gasteiger partial charge in [0, 0.05) is 24.6 Å². The number of rotatable bonds is 6. The Hall–Kier alpha value is -3.71. The van der Waals surface area contributed by atoms with Gasteiger partial charge in [0.1, 0.15) is 12.1 Å². The van der Waals surface area contributed by atoms with E-state index in [-0.39, 0.29) is 17.6 Å². The normalized spacial score (nSPS) is 16.4. The minimum atomic E-state index is -0.663. The van der Waals surface area contributed by atoms with Gasteiger partial charge in [0.05, 0.1) is 23.6 Å². The van der Waals surface area contributed by atoms with Crippen LogP contribution < -0.4 is 0 Å². The molecule has 0 amide bonds. The maximum Gasteiger partial charge on any atom is 0.244 e. The average Bonchev–Trinajstić information content (AvgIpc) is 3.44. The molecule has 2 aromatic carbocycles. The molecule has 0 aliphatic carbocycles. The van der Waals surface area contributed by atoms with Gasteiger partial charge in [-0.1, -0.05) is 30.3 Å². The molecule has 168 valence electrons. The summed E-state index contributed by atoms with van der Waals surface area (Å²) in [6.45, 7) is 1.61. The van der Waals surface area contributed by atoms with Crippen LogP contribution in [0.15, 0.2) is 73.3 Å². The number of imidazole rings is 1. The van der Waals surface area contributed by atoms with Crippen LogP contribution in [0.4, 0.5) is 8.78 Å². The molecule has 33 heavy (non-hydrogen) atoms. The summed E-state index contributed by atoms with van der Waals surface area (Å²) in [5.74, 6) is -0.631. The van der Waals surface area contributed by atoms with Crippen LogP contribution in [0.25, 0.3) is 22.7 Å². The third-order valence-electron chi connectivity index (χ3n) is 5.57. The lowest BCUT2D eigenvalue weighted by Gasteiger charge is -2.13. The lowest BCUT2D eigenvalue weighted by Crippen LogP contribution is -2.12. The van der Waals surface area contributed by atoms with Gasteiger partial charge in [0.15, 0.2) is 17.2 Å². The van der Waals surface area contributed by atoms with Crippen LogP contribution in [-0.4, -0.2) is 26.9 Å². The molecule has 4 aromatic rings. The maximum atomic E-state index is 14.9. The second-order valence-corrected chi connectivity index (χ2v) is 8.10. The van der Waals surface area contributed by atoms with E-state index in [1.165, 1.54) is 12.3 Å². The van der Waals surface area contributed by atoms with Gasteiger partial charge in [-0.25, -0.2) is 13.8 Å². The fourth-order valence-corrected chi connectivity index (χ4v) is 3.98. The van der Waals surface area contributed by atoms with Gasteiger partial charge in [-0.2, -0.15) is 0 Å². The van der Waals surface area contributed by atoms with E-state index in [9.17, 15) is 13.9 Å². The molecule has 0 spiro atoms. The highest BCUT2D eigenvalue weighted by Crippen LogP contribution is 2.32. The number of aromatic nitrogens is 2. The van der Waals surface area contributed by atoms with Crippen molar-refractivity contribution in [2.45, 2.75) is 32.2 Å². The molecule has 5 rings (SSSR count). The molecule has 1 aliphatic heterocycles. The van der Waals surface area contributed by atoms with E-state index >= 15 is 0 Å². The number of aliphatic hydroxyl groups is 1. The Morgan fingerprint density at radius 1 is 1.12 bits per heavy atom. The summed E-state index contributed by atoms with van der Waals surface area (Å²) in [7, 11) is 0. The van der Waals surface area contributed by atoms with E-state index in [4.69, 9.17) is 9.47 Å². The number of benzene rings is 2. The Bertz CT molecular complexity index is 1330. The van der Waals surface area contributed by atoms with Crippen molar-refractivity contribution in [3.05, 3.63) is 102 Å². The minimum absolute atomic E-state index is 0.150. The molecule has 2 aromatic heterocycles. The predicted molar refractivity (Wildman–Crippen MR) is 120 cm³/mol. The number of halogens is 2. The lowest BCUT2D eigenvalue weighted by atomic mass is 10.1. The number of aliphatic hydroxyl groups excluding tert-OH is 1. The molecule has 1 N–H and O–H groups in total. The van der Waals surface area contributed by atoms with Crippen molar-refractivity contribution in [3.8, 4) is 11.3 Å². The zero-order valence-electron chi connectivity index (χ0n) is 17.9. The highest BCUT2D eigenvalue weighted by molar-refractivity contribution is 5.71. The van der Waals surface area contributed by atoms with Gasteiger partial charge in [-0.3, -0.25) is 4.40 Å². The van der Waals surface area contributed by atoms with Crippen LogP contribution in [0.2, 0.25) is 0 Å². The number of hydrogen-bond donors (Lipinski definition) is 1. The summed E-state index contributed by atoms with van der Waals surface area (Å²) < 4.78 is 42.6. The van der Waals surface area contributed by atoms with Gasteiger partial charge in [0.25, 0.3) is 0 Å². The molecule has 0 saturated heterocycles. The van der Waals surface area contributed by atoms with Crippen molar-refractivity contribution in [2.75, 3.05) is 0 Å². The summed E-state index contributed by atoms with van der Waals surface area (Å²) in [6, 6.07) is 16.0. The molecule has 0 saturated carbocycles. The van der Waals surface area contributed by atoms with Gasteiger partial charge >= 0.3 is 0 Å². The lowest BCUT2D eigenvalue weighted by molar-refractivity contribution is -0.0137. The first kappa shape index (κ1) is 21.2. The zero-order chi connectivity index (χ0) is 22.9. The molecule has 0 radical (unpaired) electrons. The molecular formula is C26H22F2N2O3. The van der Waals surface area contributed by atoms with Crippen molar-refractivity contribution in [3.63, 3.8) is 0 Å². The Labute approximate surface area is 189 Å². The third-order valence-corrected chi connectivity index (χ3v) is 5.57. The number of pyridine rings is 1. The Morgan fingerprint density at radius 3 is 2.73 bits per heavy atom. The number of ether oxygens (including phenoxy) is 2. The minimum Gasteiger partial charge on any atom is -0.458 e. The summed E-state index contributed by atoms with van der Waals surface area (Å²) in [4.78, 5) is 4.21. The van der Waals surface area contributed by atoms with E-state index in [0.717, 1.165) is 5.56 Å². The molecule has 3 heterocycles. The molecule has 7 heteroatoms. The van der Waals surface area contributed by atoms with Crippen LogP contribution in [-0.2, 0) is 22.3 Å². The SMILES string of the molecule is CC(O)Cc1ccn2c(-c3ccc(F)c(C4=COC(Cc5ccccc5)O4)c3)cnc2c1F. The summed E-state index contributed by atoms with van der Waals surface area (Å²) in [6.07, 6.45) is 4.19. The third kappa shape index (κ3) is 4.19. The zero-order valence-corrected chi connectivity index (χ0v) is 17.9. The van der Waals surface area contributed by atoms with Crippen molar-refractivity contribution < 1.29 is 23.4 Å². The van der Waals surface area contributed by atoms with Crippen molar-refractivity contribution >= 4 is 11.4 Å². The monoisotopic (exact) mass is 448 g/mol. The highest BCUT2D eigenvalue weighted by Gasteiger charge is 2.24. The molecule has 1 aliphatic rings. The summed E-state index contributed by atoms with van der Waals surface area (Å²) in [5.41, 5.74) is 3.10. The van der Waals surface area contributed by atoms with Crippen molar-refractivity contribution in [1.82, 2.24) is 9.38 Å². The first-order valence-electron chi connectivity index (χ1n) is 10.7. The fourth-order valence-electron chi connectivity index (χ4n) is 3.98. The largest absolute Gasteiger partial charge is 0.458 e. The van der Waals surface area contributed by atoms with E-state index in [1.54, 1.807) is 41.9 Å². The molecular weight excluding hydrogens is 426 g/mol. The molecule has 2 atom stereocenters. The van der Waals surface area contributed by atoms with Gasteiger partial charge in [-0.05, 0) is 42.3 Å². The average molecular weight is 448 g/mol. The first-order valence-corrected chi connectivity index (χ1v) is 10.7. The first-order chi connectivity index (χ1) is 16.0. The molecule has 0 fully saturated rings. The fraction of sp³-hybridized carbons (Fsp3) is 0.192. The smallest absolute Gasteiger partial charge is 0.244 e. The van der Waals surface area contributed by atoms with E-state index in [1.807, 2.05) is 30.3 Å². The van der Waals surface area contributed by atoms with Crippen LogP contribution in [0, 0.1) is 11.6 Å². The Balaban J connectivity index is 1.42. The molecule has 2 unspecified atom stereocenters.